The molecule has 0 spiro atoms. The molecule has 0 saturated heterocycles. The van der Waals surface area contributed by atoms with Gasteiger partial charge in [-0.05, 0) is 6.07 Å². The van der Waals surface area contributed by atoms with Gasteiger partial charge in [0, 0.05) is 27.3 Å². The number of nitrogens with zero attached hydrogens (tertiary/aromatic N) is 3. The Morgan fingerprint density at radius 3 is 2.91 bits per heavy atom. The van der Waals surface area contributed by atoms with E-state index < -0.39 is 0 Å². The quantitative estimate of drug-likeness (QED) is 0.615. The van der Waals surface area contributed by atoms with Crippen molar-refractivity contribution in [2.45, 2.75) is 0 Å². The minimum Gasteiger partial charge on any atom is -0.374 e. The summed E-state index contributed by atoms with van der Waals surface area (Å²) < 4.78 is 1.89. The van der Waals surface area contributed by atoms with Crippen LogP contribution in [0.2, 0.25) is 0 Å². The van der Waals surface area contributed by atoms with Gasteiger partial charge < -0.3 is 9.88 Å². The lowest BCUT2D eigenvalue weighted by molar-refractivity contribution is 0.782. The maximum absolute atomic E-state index is 4.06. The van der Waals surface area contributed by atoms with E-state index in [0.717, 1.165) is 11.4 Å². The Bertz CT molecular complexity index is 300. The maximum atomic E-state index is 4.06. The highest BCUT2D eigenvalue weighted by molar-refractivity contribution is 5.31. The van der Waals surface area contributed by atoms with Crippen LogP contribution in [0.4, 0.5) is 5.82 Å². The van der Waals surface area contributed by atoms with Crippen LogP contribution in [-0.4, -0.2) is 23.6 Å². The Morgan fingerprint density at radius 1 is 1.64 bits per heavy atom. The van der Waals surface area contributed by atoms with Crippen molar-refractivity contribution in [1.29, 1.82) is 0 Å². The van der Waals surface area contributed by atoms with E-state index in [1.165, 1.54) is 0 Å². The van der Waals surface area contributed by atoms with Gasteiger partial charge in [0.25, 0.3) is 0 Å². The number of rotatable bonds is 1. The summed E-state index contributed by atoms with van der Waals surface area (Å²) in [6.07, 6.45) is 1.73. The van der Waals surface area contributed by atoms with Gasteiger partial charge in [-0.25, -0.2) is 4.98 Å². The fourth-order valence-corrected chi connectivity index (χ4v) is 0.939. The highest BCUT2D eigenvalue weighted by Crippen LogP contribution is 1.96. The molecule has 4 heteroatoms. The SMILES string of the molecule is CN=c1nccc(NC)n1C. The Kier molecular flexibility index (Phi) is 2.25. The lowest BCUT2D eigenvalue weighted by Crippen LogP contribution is -2.22. The highest BCUT2D eigenvalue weighted by Gasteiger charge is 1.92. The van der Waals surface area contributed by atoms with E-state index in [1.54, 1.807) is 13.2 Å². The summed E-state index contributed by atoms with van der Waals surface area (Å²) in [6, 6.07) is 1.90. The van der Waals surface area contributed by atoms with Gasteiger partial charge in [-0.3, -0.25) is 4.99 Å². The molecule has 0 bridgehead atoms. The molecular formula is C7H12N4. The molecule has 0 saturated carbocycles. The first kappa shape index (κ1) is 7.78. The normalized spacial score (nSPS) is 11.7. The molecule has 1 N–H and O–H groups in total. The third kappa shape index (κ3) is 1.39. The minimum atomic E-state index is 0.719. The van der Waals surface area contributed by atoms with Crippen molar-refractivity contribution >= 4 is 5.82 Å². The summed E-state index contributed by atoms with van der Waals surface area (Å²) in [4.78, 5) is 8.05. The molecule has 0 fully saturated rings. The number of nitrogens with one attached hydrogen (secondary N) is 1. The lowest BCUT2D eigenvalue weighted by Gasteiger charge is -2.05. The maximum Gasteiger partial charge on any atom is 0.225 e. The third-order valence-corrected chi connectivity index (χ3v) is 1.54. The Balaban J connectivity index is 3.33. The van der Waals surface area contributed by atoms with E-state index in [9.17, 15) is 0 Å². The number of aromatic nitrogens is 2. The van der Waals surface area contributed by atoms with Crippen LogP contribution in [0.5, 0.6) is 0 Å². The van der Waals surface area contributed by atoms with Crippen molar-refractivity contribution in [2.75, 3.05) is 19.4 Å². The molecule has 1 heterocycles. The molecule has 0 radical (unpaired) electrons. The Morgan fingerprint density at radius 2 is 2.36 bits per heavy atom. The van der Waals surface area contributed by atoms with Gasteiger partial charge in [-0.2, -0.15) is 0 Å². The highest BCUT2D eigenvalue weighted by atomic mass is 15.1. The minimum absolute atomic E-state index is 0.719. The zero-order chi connectivity index (χ0) is 8.27. The van der Waals surface area contributed by atoms with Crippen LogP contribution in [-0.2, 0) is 7.05 Å². The second-order valence-corrected chi connectivity index (χ2v) is 2.16. The van der Waals surface area contributed by atoms with Gasteiger partial charge >= 0.3 is 0 Å². The van der Waals surface area contributed by atoms with Crippen molar-refractivity contribution in [3.05, 3.63) is 17.9 Å². The van der Waals surface area contributed by atoms with Gasteiger partial charge in [-0.1, -0.05) is 0 Å². The summed E-state index contributed by atoms with van der Waals surface area (Å²) in [7, 11) is 5.51. The van der Waals surface area contributed by atoms with Gasteiger partial charge in [0.05, 0.1) is 0 Å². The number of hydrogen-bond acceptors (Lipinski definition) is 3. The molecule has 11 heavy (non-hydrogen) atoms. The second-order valence-electron chi connectivity index (χ2n) is 2.16. The zero-order valence-corrected chi connectivity index (χ0v) is 7.00. The van der Waals surface area contributed by atoms with E-state index in [-0.39, 0.29) is 0 Å². The van der Waals surface area contributed by atoms with E-state index in [1.807, 2.05) is 24.7 Å². The van der Waals surface area contributed by atoms with E-state index in [0.29, 0.717) is 0 Å². The molecule has 0 amide bonds. The van der Waals surface area contributed by atoms with Crippen LogP contribution in [0.3, 0.4) is 0 Å². The summed E-state index contributed by atoms with van der Waals surface area (Å²) in [5.41, 5.74) is 0.719. The van der Waals surface area contributed by atoms with Crippen LogP contribution in [0.25, 0.3) is 0 Å². The topological polar surface area (TPSA) is 42.2 Å². The Labute approximate surface area is 65.6 Å². The van der Waals surface area contributed by atoms with Gasteiger partial charge in [0.1, 0.15) is 5.82 Å². The number of anilines is 1. The molecule has 1 aromatic rings. The molecule has 60 valence electrons. The van der Waals surface area contributed by atoms with E-state index >= 15 is 0 Å². The predicted octanol–water partition coefficient (Wildman–Crippen LogP) is -0.00770. The van der Waals surface area contributed by atoms with E-state index in [4.69, 9.17) is 0 Å². The van der Waals surface area contributed by atoms with Crippen LogP contribution in [0.1, 0.15) is 0 Å². The molecule has 0 aliphatic rings. The summed E-state index contributed by atoms with van der Waals surface area (Å²) >= 11 is 0. The monoisotopic (exact) mass is 152 g/mol. The smallest absolute Gasteiger partial charge is 0.225 e. The average Bonchev–Trinajstić information content (AvgIpc) is 2.05. The third-order valence-electron chi connectivity index (χ3n) is 1.54. The van der Waals surface area contributed by atoms with Crippen LogP contribution < -0.4 is 10.9 Å². The van der Waals surface area contributed by atoms with Gasteiger partial charge in [-0.15, -0.1) is 0 Å². The fourth-order valence-electron chi connectivity index (χ4n) is 0.939. The standard InChI is InChI=1S/C7H12N4/c1-8-6-4-5-10-7(9-2)11(6)3/h4-5,8H,1-3H3. The van der Waals surface area contributed by atoms with Crippen molar-refractivity contribution in [3.8, 4) is 0 Å². The first-order valence-corrected chi connectivity index (χ1v) is 3.42. The molecule has 0 atom stereocenters. The second kappa shape index (κ2) is 3.18. The molecular weight excluding hydrogens is 140 g/mol. The summed E-state index contributed by atoms with van der Waals surface area (Å²) in [6.45, 7) is 0. The van der Waals surface area contributed by atoms with Crippen molar-refractivity contribution < 1.29 is 0 Å². The van der Waals surface area contributed by atoms with Crippen LogP contribution >= 0.6 is 0 Å². The zero-order valence-electron chi connectivity index (χ0n) is 7.00. The van der Waals surface area contributed by atoms with Crippen molar-refractivity contribution in [3.63, 3.8) is 0 Å². The molecule has 0 aromatic carbocycles. The molecule has 0 unspecified atom stereocenters. The van der Waals surface area contributed by atoms with Crippen LogP contribution in [0.15, 0.2) is 17.3 Å². The first-order valence-electron chi connectivity index (χ1n) is 3.42. The predicted molar refractivity (Wildman–Crippen MR) is 44.2 cm³/mol. The lowest BCUT2D eigenvalue weighted by atomic mass is 10.5. The molecule has 4 nitrogen and oxygen atoms in total. The van der Waals surface area contributed by atoms with Crippen LogP contribution in [0, 0.1) is 0 Å². The van der Waals surface area contributed by atoms with E-state index in [2.05, 4.69) is 15.3 Å². The Hall–Kier alpha value is -1.32. The molecule has 0 aliphatic carbocycles. The first-order chi connectivity index (χ1) is 5.29. The molecule has 0 aliphatic heterocycles. The van der Waals surface area contributed by atoms with Gasteiger partial charge in [0.2, 0.25) is 5.62 Å². The largest absolute Gasteiger partial charge is 0.374 e. The van der Waals surface area contributed by atoms with Crippen molar-refractivity contribution in [2.24, 2.45) is 12.0 Å². The summed E-state index contributed by atoms with van der Waals surface area (Å²) in [5, 5.41) is 3.03. The molecule has 1 rings (SSSR count). The molecule has 1 aromatic heterocycles. The van der Waals surface area contributed by atoms with Crippen molar-refractivity contribution in [1.82, 2.24) is 9.55 Å². The van der Waals surface area contributed by atoms with Gasteiger partial charge in [0.15, 0.2) is 0 Å². The summed E-state index contributed by atoms with van der Waals surface area (Å²) in [5.74, 6) is 1.00. The average molecular weight is 152 g/mol. The fraction of sp³-hybridized carbons (Fsp3) is 0.429. The number of hydrogen-bond donors (Lipinski definition) is 1.